The van der Waals surface area contributed by atoms with E-state index in [1.54, 1.807) is 0 Å². The van der Waals surface area contributed by atoms with E-state index in [4.69, 9.17) is 8.83 Å². The molecule has 2 heterocycles. The molecule has 0 radical (unpaired) electrons. The van der Waals surface area contributed by atoms with E-state index in [-0.39, 0.29) is 0 Å². The summed E-state index contributed by atoms with van der Waals surface area (Å²) in [5, 5.41) is 4.44. The van der Waals surface area contributed by atoms with Gasteiger partial charge < -0.3 is 13.7 Å². The number of rotatable bonds is 7. The van der Waals surface area contributed by atoms with E-state index in [2.05, 4.69) is 193 Å². The van der Waals surface area contributed by atoms with Gasteiger partial charge in [-0.2, -0.15) is 0 Å². The highest BCUT2D eigenvalue weighted by Crippen LogP contribution is 2.44. The molecule has 0 aliphatic carbocycles. The predicted octanol–water partition coefficient (Wildman–Crippen LogP) is 15.6. The Labute approximate surface area is 330 Å². The van der Waals surface area contributed by atoms with E-state index in [0.717, 1.165) is 77.6 Å². The van der Waals surface area contributed by atoms with Gasteiger partial charge in [0.05, 0.1) is 11.1 Å². The predicted molar refractivity (Wildman–Crippen MR) is 237 cm³/mol. The van der Waals surface area contributed by atoms with E-state index >= 15 is 0 Å². The average Bonchev–Trinajstić information content (AvgIpc) is 3.86. The average molecular weight is 730 g/mol. The fourth-order valence-electron chi connectivity index (χ4n) is 8.27. The Morgan fingerprint density at radius 2 is 0.702 bits per heavy atom. The Balaban J connectivity index is 1.03. The Morgan fingerprint density at radius 1 is 0.263 bits per heavy atom. The van der Waals surface area contributed by atoms with Crippen LogP contribution in [0.2, 0.25) is 0 Å². The third-order valence-corrected chi connectivity index (χ3v) is 11.1. The summed E-state index contributed by atoms with van der Waals surface area (Å²) in [4.78, 5) is 2.34. The summed E-state index contributed by atoms with van der Waals surface area (Å²) in [6.45, 7) is 0. The van der Waals surface area contributed by atoms with Gasteiger partial charge in [-0.25, -0.2) is 0 Å². The van der Waals surface area contributed by atoms with Crippen molar-refractivity contribution in [2.45, 2.75) is 0 Å². The second kappa shape index (κ2) is 13.6. The van der Waals surface area contributed by atoms with E-state index < -0.39 is 0 Å². The summed E-state index contributed by atoms with van der Waals surface area (Å²) < 4.78 is 12.6. The van der Waals surface area contributed by atoms with Crippen molar-refractivity contribution in [3.05, 3.63) is 212 Å². The van der Waals surface area contributed by atoms with Gasteiger partial charge in [0.15, 0.2) is 0 Å². The summed E-state index contributed by atoms with van der Waals surface area (Å²) in [7, 11) is 0. The molecule has 3 nitrogen and oxygen atoms in total. The van der Waals surface area contributed by atoms with Crippen molar-refractivity contribution in [1.82, 2.24) is 0 Å². The lowest BCUT2D eigenvalue weighted by Gasteiger charge is -2.26. The lowest BCUT2D eigenvalue weighted by molar-refractivity contribution is 0.668. The summed E-state index contributed by atoms with van der Waals surface area (Å²) in [6.07, 6.45) is 0. The maximum absolute atomic E-state index is 6.39. The zero-order chi connectivity index (χ0) is 37.7. The summed E-state index contributed by atoms with van der Waals surface area (Å²) in [5.74, 6) is 0. The molecule has 0 fully saturated rings. The lowest BCUT2D eigenvalue weighted by atomic mass is 9.93. The van der Waals surface area contributed by atoms with Gasteiger partial charge in [0.2, 0.25) is 0 Å². The number of nitrogens with zero attached hydrogens (tertiary/aromatic N) is 1. The molecule has 0 spiro atoms. The van der Waals surface area contributed by atoms with Crippen LogP contribution < -0.4 is 4.90 Å². The molecular weight excluding hydrogens is 695 g/mol. The molecule has 0 saturated heterocycles. The second-order valence-electron chi connectivity index (χ2n) is 14.5. The highest BCUT2D eigenvalue weighted by molar-refractivity contribution is 6.13. The summed E-state index contributed by atoms with van der Waals surface area (Å²) in [5.41, 5.74) is 16.0. The largest absolute Gasteiger partial charge is 0.456 e. The molecule has 2 aromatic heterocycles. The summed E-state index contributed by atoms with van der Waals surface area (Å²) in [6, 6.07) is 75.3. The first-order chi connectivity index (χ1) is 28.2. The van der Waals surface area contributed by atoms with Gasteiger partial charge in [-0.15, -0.1) is 0 Å². The minimum Gasteiger partial charge on any atom is -0.456 e. The van der Waals surface area contributed by atoms with Crippen LogP contribution in [-0.4, -0.2) is 0 Å². The molecule has 57 heavy (non-hydrogen) atoms. The zero-order valence-electron chi connectivity index (χ0n) is 31.0. The van der Waals surface area contributed by atoms with Gasteiger partial charge in [0.25, 0.3) is 0 Å². The topological polar surface area (TPSA) is 29.5 Å². The molecule has 0 saturated carbocycles. The Hall–Kier alpha value is -7.62. The maximum Gasteiger partial charge on any atom is 0.137 e. The fourth-order valence-corrected chi connectivity index (χ4v) is 8.27. The molecule has 268 valence electrons. The van der Waals surface area contributed by atoms with Crippen molar-refractivity contribution in [2.24, 2.45) is 0 Å². The Bertz CT molecular complexity index is 3150. The number of para-hydroxylation sites is 2. The third kappa shape index (κ3) is 5.85. The summed E-state index contributed by atoms with van der Waals surface area (Å²) >= 11 is 0. The van der Waals surface area contributed by atoms with E-state index in [1.165, 1.54) is 27.8 Å². The van der Waals surface area contributed by atoms with E-state index in [9.17, 15) is 0 Å². The standard InChI is InChI=1S/C54H35NO2/c1-3-12-36(13-4-1)41-32-42(37-14-5-2-6-15-37)34-43(33-41)39-24-29-45(30-25-39)55(49-18-11-21-52-54(49)48-17-8-10-20-51(48)56-52)44-27-22-38(23-28-44)40-26-31-47-46-16-7-9-19-50(46)57-53(47)35-40/h1-35H. The van der Waals surface area contributed by atoms with Gasteiger partial charge in [-0.3, -0.25) is 0 Å². The van der Waals surface area contributed by atoms with E-state index in [1.807, 2.05) is 24.3 Å². The number of hydrogen-bond acceptors (Lipinski definition) is 3. The second-order valence-corrected chi connectivity index (χ2v) is 14.5. The molecule has 0 aliphatic heterocycles. The van der Waals surface area contributed by atoms with Gasteiger partial charge in [0.1, 0.15) is 22.3 Å². The molecule has 0 N–H and O–H groups in total. The van der Waals surface area contributed by atoms with Crippen molar-refractivity contribution in [2.75, 3.05) is 4.90 Å². The van der Waals surface area contributed by atoms with Crippen LogP contribution in [0.4, 0.5) is 17.1 Å². The normalized spacial score (nSPS) is 11.5. The molecule has 9 aromatic carbocycles. The molecule has 3 heteroatoms. The molecule has 0 bridgehead atoms. The van der Waals surface area contributed by atoms with E-state index in [0.29, 0.717) is 0 Å². The van der Waals surface area contributed by atoms with Crippen LogP contribution in [0, 0.1) is 0 Å². The van der Waals surface area contributed by atoms with Gasteiger partial charge in [-0.05, 0) is 123 Å². The fraction of sp³-hybridized carbons (Fsp3) is 0. The highest BCUT2D eigenvalue weighted by Gasteiger charge is 2.20. The van der Waals surface area contributed by atoms with Gasteiger partial charge in [0, 0.05) is 27.5 Å². The first-order valence-corrected chi connectivity index (χ1v) is 19.3. The monoisotopic (exact) mass is 729 g/mol. The van der Waals surface area contributed by atoms with Crippen molar-refractivity contribution < 1.29 is 8.83 Å². The zero-order valence-corrected chi connectivity index (χ0v) is 31.0. The van der Waals surface area contributed by atoms with Crippen molar-refractivity contribution >= 4 is 60.9 Å². The smallest absolute Gasteiger partial charge is 0.137 e. The van der Waals surface area contributed by atoms with Gasteiger partial charge >= 0.3 is 0 Å². The van der Waals surface area contributed by atoms with Crippen LogP contribution in [0.15, 0.2) is 221 Å². The Morgan fingerprint density at radius 3 is 1.32 bits per heavy atom. The molecule has 0 aliphatic rings. The van der Waals surface area contributed by atoms with Crippen LogP contribution in [0.25, 0.3) is 88.4 Å². The number of benzene rings is 9. The number of hydrogen-bond donors (Lipinski definition) is 0. The number of furan rings is 2. The third-order valence-electron chi connectivity index (χ3n) is 11.1. The molecule has 11 rings (SSSR count). The van der Waals surface area contributed by atoms with Crippen LogP contribution >= 0.6 is 0 Å². The van der Waals surface area contributed by atoms with Crippen molar-refractivity contribution in [3.8, 4) is 44.5 Å². The molecule has 0 atom stereocenters. The molecule has 0 unspecified atom stereocenters. The van der Waals surface area contributed by atoms with Crippen LogP contribution in [0.1, 0.15) is 0 Å². The molecule has 11 aromatic rings. The molecular formula is C54H35NO2. The number of fused-ring (bicyclic) bond motifs is 6. The maximum atomic E-state index is 6.39. The first-order valence-electron chi connectivity index (χ1n) is 19.3. The lowest BCUT2D eigenvalue weighted by Crippen LogP contribution is -2.10. The van der Waals surface area contributed by atoms with Crippen LogP contribution in [0.3, 0.4) is 0 Å². The highest BCUT2D eigenvalue weighted by atomic mass is 16.3. The van der Waals surface area contributed by atoms with Gasteiger partial charge in [-0.1, -0.05) is 133 Å². The first kappa shape index (κ1) is 32.8. The minimum absolute atomic E-state index is 0.859. The SMILES string of the molecule is c1ccc(-c2cc(-c3ccccc3)cc(-c3ccc(N(c4ccc(-c5ccc6c(c5)oc5ccccc56)cc4)c4cccc5oc6ccccc6c45)cc3)c2)cc1. The Kier molecular flexibility index (Phi) is 7.82. The van der Waals surface area contributed by atoms with Crippen molar-refractivity contribution in [1.29, 1.82) is 0 Å². The number of anilines is 3. The quantitative estimate of drug-likeness (QED) is 0.164. The molecule has 0 amide bonds. The van der Waals surface area contributed by atoms with Crippen LogP contribution in [-0.2, 0) is 0 Å². The van der Waals surface area contributed by atoms with Crippen LogP contribution in [0.5, 0.6) is 0 Å². The van der Waals surface area contributed by atoms with Crippen molar-refractivity contribution in [3.63, 3.8) is 0 Å². The minimum atomic E-state index is 0.859.